The van der Waals surface area contributed by atoms with Crippen LogP contribution in [0.5, 0.6) is 0 Å². The first-order valence-electron chi connectivity index (χ1n) is 7.31. The predicted octanol–water partition coefficient (Wildman–Crippen LogP) is 3.16. The Bertz CT molecular complexity index is 407. The molecule has 0 radical (unpaired) electrons. The number of hydrogen-bond donors (Lipinski definition) is 1. The number of rotatable bonds is 4. The van der Waals surface area contributed by atoms with Crippen molar-refractivity contribution in [2.45, 2.75) is 51.2 Å². The van der Waals surface area contributed by atoms with E-state index in [2.05, 4.69) is 18.9 Å². The van der Waals surface area contributed by atoms with Gasteiger partial charge in [-0.05, 0) is 38.3 Å². The van der Waals surface area contributed by atoms with Crippen molar-refractivity contribution in [3.63, 3.8) is 0 Å². The van der Waals surface area contributed by atoms with Crippen LogP contribution >= 0.6 is 0 Å². The molecular weight excluding hydrogens is 239 g/mol. The van der Waals surface area contributed by atoms with Gasteiger partial charge in [0.05, 0.1) is 0 Å². The Morgan fingerprint density at radius 3 is 2.74 bits per heavy atom. The van der Waals surface area contributed by atoms with Crippen LogP contribution in [0, 0.1) is 11.7 Å². The van der Waals surface area contributed by atoms with E-state index in [0.29, 0.717) is 12.6 Å². The van der Waals surface area contributed by atoms with Crippen molar-refractivity contribution in [3.8, 4) is 0 Å². The molecule has 1 saturated carbocycles. The Balaban J connectivity index is 2.02. The van der Waals surface area contributed by atoms with Crippen LogP contribution in [0.15, 0.2) is 24.3 Å². The fraction of sp³-hybridized carbons (Fsp3) is 0.625. The van der Waals surface area contributed by atoms with E-state index >= 15 is 0 Å². The molecule has 0 aliphatic heterocycles. The van der Waals surface area contributed by atoms with Gasteiger partial charge in [0.25, 0.3) is 0 Å². The fourth-order valence-electron chi connectivity index (χ4n) is 3.14. The SMILES string of the molecule is CCC1CCC(N)C(N(C)Cc2ccccc2F)C1. The van der Waals surface area contributed by atoms with Crippen molar-refractivity contribution in [1.82, 2.24) is 4.90 Å². The van der Waals surface area contributed by atoms with Gasteiger partial charge in [-0.25, -0.2) is 4.39 Å². The summed E-state index contributed by atoms with van der Waals surface area (Å²) in [7, 11) is 2.06. The van der Waals surface area contributed by atoms with Crippen LogP contribution in [0.1, 0.15) is 38.2 Å². The molecule has 0 bridgehead atoms. The summed E-state index contributed by atoms with van der Waals surface area (Å²) in [5.41, 5.74) is 7.01. The van der Waals surface area contributed by atoms with Crippen LogP contribution < -0.4 is 5.73 Å². The highest BCUT2D eigenvalue weighted by Crippen LogP contribution is 2.29. The Morgan fingerprint density at radius 1 is 1.32 bits per heavy atom. The molecule has 2 N–H and O–H groups in total. The molecule has 1 fully saturated rings. The van der Waals surface area contributed by atoms with E-state index in [1.807, 2.05) is 12.1 Å². The smallest absolute Gasteiger partial charge is 0.127 e. The number of nitrogens with zero attached hydrogens (tertiary/aromatic N) is 1. The molecule has 1 aliphatic carbocycles. The third-order valence-corrected chi connectivity index (χ3v) is 4.50. The number of benzene rings is 1. The van der Waals surface area contributed by atoms with E-state index < -0.39 is 0 Å². The zero-order valence-electron chi connectivity index (χ0n) is 12.0. The summed E-state index contributed by atoms with van der Waals surface area (Å²) in [6.45, 7) is 2.89. The Labute approximate surface area is 115 Å². The number of hydrogen-bond acceptors (Lipinski definition) is 2. The van der Waals surface area contributed by atoms with Crippen molar-refractivity contribution >= 4 is 0 Å². The zero-order chi connectivity index (χ0) is 13.8. The second-order valence-corrected chi connectivity index (χ2v) is 5.83. The van der Waals surface area contributed by atoms with Crippen LogP contribution in [-0.2, 0) is 6.54 Å². The average Bonchev–Trinajstić information content (AvgIpc) is 2.42. The normalized spacial score (nSPS) is 27.7. The quantitative estimate of drug-likeness (QED) is 0.905. The molecule has 0 heterocycles. The van der Waals surface area contributed by atoms with Gasteiger partial charge in [0.15, 0.2) is 0 Å². The minimum absolute atomic E-state index is 0.120. The van der Waals surface area contributed by atoms with E-state index in [4.69, 9.17) is 5.73 Å². The van der Waals surface area contributed by atoms with Gasteiger partial charge in [0.1, 0.15) is 5.82 Å². The summed E-state index contributed by atoms with van der Waals surface area (Å²) in [5.74, 6) is 0.652. The van der Waals surface area contributed by atoms with Gasteiger partial charge >= 0.3 is 0 Å². The van der Waals surface area contributed by atoms with E-state index in [1.165, 1.54) is 18.9 Å². The lowest BCUT2D eigenvalue weighted by Gasteiger charge is -2.39. The molecule has 19 heavy (non-hydrogen) atoms. The molecule has 0 spiro atoms. The van der Waals surface area contributed by atoms with E-state index in [9.17, 15) is 4.39 Å². The lowest BCUT2D eigenvalue weighted by molar-refractivity contribution is 0.128. The molecule has 0 aromatic heterocycles. The molecule has 3 unspecified atom stereocenters. The average molecular weight is 264 g/mol. The van der Waals surface area contributed by atoms with Crippen molar-refractivity contribution < 1.29 is 4.39 Å². The maximum Gasteiger partial charge on any atom is 0.127 e. The van der Waals surface area contributed by atoms with Crippen LogP contribution in [0.4, 0.5) is 4.39 Å². The Hall–Kier alpha value is -0.930. The van der Waals surface area contributed by atoms with Gasteiger partial charge < -0.3 is 5.73 Å². The van der Waals surface area contributed by atoms with Gasteiger partial charge in [0, 0.05) is 24.2 Å². The molecule has 0 saturated heterocycles. The fourth-order valence-corrected chi connectivity index (χ4v) is 3.14. The van der Waals surface area contributed by atoms with Crippen LogP contribution in [0.3, 0.4) is 0 Å². The lowest BCUT2D eigenvalue weighted by Crippen LogP contribution is -2.49. The molecular formula is C16H25FN2. The maximum atomic E-state index is 13.7. The first-order chi connectivity index (χ1) is 9.11. The van der Waals surface area contributed by atoms with Crippen LogP contribution in [0.2, 0.25) is 0 Å². The summed E-state index contributed by atoms with van der Waals surface area (Å²) in [6, 6.07) is 7.61. The lowest BCUT2D eigenvalue weighted by atomic mass is 9.80. The zero-order valence-corrected chi connectivity index (χ0v) is 12.0. The van der Waals surface area contributed by atoms with Crippen molar-refractivity contribution in [2.75, 3.05) is 7.05 Å². The highest BCUT2D eigenvalue weighted by molar-refractivity contribution is 5.17. The first-order valence-corrected chi connectivity index (χ1v) is 7.31. The van der Waals surface area contributed by atoms with Crippen molar-refractivity contribution in [3.05, 3.63) is 35.6 Å². The van der Waals surface area contributed by atoms with Gasteiger partial charge in [0.2, 0.25) is 0 Å². The van der Waals surface area contributed by atoms with Gasteiger partial charge in [-0.2, -0.15) is 0 Å². The molecule has 0 amide bonds. The molecule has 2 rings (SSSR count). The van der Waals surface area contributed by atoms with Gasteiger partial charge in [-0.3, -0.25) is 4.90 Å². The second-order valence-electron chi connectivity index (χ2n) is 5.83. The third-order valence-electron chi connectivity index (χ3n) is 4.50. The summed E-state index contributed by atoms with van der Waals surface area (Å²) in [4.78, 5) is 2.23. The molecule has 3 atom stereocenters. The first kappa shape index (κ1) is 14.5. The molecule has 2 nitrogen and oxygen atoms in total. The monoisotopic (exact) mass is 264 g/mol. The van der Waals surface area contributed by atoms with Gasteiger partial charge in [-0.15, -0.1) is 0 Å². The largest absolute Gasteiger partial charge is 0.326 e. The number of nitrogens with two attached hydrogens (primary N) is 1. The summed E-state index contributed by atoms with van der Waals surface area (Å²) >= 11 is 0. The number of likely N-dealkylation sites (N-methyl/N-ethyl adjacent to an activating group) is 1. The molecule has 1 aliphatic rings. The highest BCUT2D eigenvalue weighted by atomic mass is 19.1. The topological polar surface area (TPSA) is 29.3 Å². The third kappa shape index (κ3) is 3.54. The molecule has 1 aromatic rings. The Kier molecular flexibility index (Phi) is 4.94. The highest BCUT2D eigenvalue weighted by Gasteiger charge is 2.30. The predicted molar refractivity (Wildman–Crippen MR) is 77.3 cm³/mol. The van der Waals surface area contributed by atoms with Gasteiger partial charge in [-0.1, -0.05) is 31.5 Å². The van der Waals surface area contributed by atoms with E-state index in [0.717, 1.165) is 24.3 Å². The van der Waals surface area contributed by atoms with Crippen molar-refractivity contribution in [1.29, 1.82) is 0 Å². The summed E-state index contributed by atoms with van der Waals surface area (Å²) in [6.07, 6.45) is 4.69. The standard InChI is InChI=1S/C16H25FN2/c1-3-12-8-9-15(18)16(10-12)19(2)11-13-6-4-5-7-14(13)17/h4-7,12,15-16H,3,8-11,18H2,1-2H3. The van der Waals surface area contributed by atoms with E-state index in [-0.39, 0.29) is 11.9 Å². The number of halogens is 1. The summed E-state index contributed by atoms with van der Waals surface area (Å²) < 4.78 is 13.7. The van der Waals surface area contributed by atoms with E-state index in [1.54, 1.807) is 6.07 Å². The van der Waals surface area contributed by atoms with Crippen LogP contribution in [0.25, 0.3) is 0 Å². The Morgan fingerprint density at radius 2 is 2.05 bits per heavy atom. The molecule has 106 valence electrons. The molecule has 3 heteroatoms. The minimum Gasteiger partial charge on any atom is -0.326 e. The maximum absolute atomic E-state index is 13.7. The second kappa shape index (κ2) is 6.49. The summed E-state index contributed by atoms with van der Waals surface area (Å²) in [5, 5.41) is 0. The molecule has 1 aromatic carbocycles. The van der Waals surface area contributed by atoms with Crippen LogP contribution in [-0.4, -0.2) is 24.0 Å². The van der Waals surface area contributed by atoms with Crippen molar-refractivity contribution in [2.24, 2.45) is 11.7 Å². The minimum atomic E-state index is -0.120.